The summed E-state index contributed by atoms with van der Waals surface area (Å²) < 4.78 is 0. The minimum Gasteiger partial charge on any atom is -0.340 e. The van der Waals surface area contributed by atoms with Crippen molar-refractivity contribution in [2.75, 3.05) is 58.3 Å². The first-order valence-electron chi connectivity index (χ1n) is 10.5. The number of hydrogen-bond acceptors (Lipinski definition) is 5. The fourth-order valence-electron chi connectivity index (χ4n) is 3.60. The van der Waals surface area contributed by atoms with Gasteiger partial charge < -0.3 is 9.80 Å². The van der Waals surface area contributed by atoms with E-state index in [1.165, 1.54) is 16.3 Å². The van der Waals surface area contributed by atoms with Crippen molar-refractivity contribution >= 4 is 38.3 Å². The summed E-state index contributed by atoms with van der Waals surface area (Å²) in [4.78, 5) is 19.2. The molecule has 0 radical (unpaired) electrons. The summed E-state index contributed by atoms with van der Waals surface area (Å²) in [6.07, 6.45) is 1.67. The predicted molar refractivity (Wildman–Crippen MR) is 129 cm³/mol. The van der Waals surface area contributed by atoms with Crippen LogP contribution < -0.4 is 0 Å². The second kappa shape index (κ2) is 11.8. The Hall–Kier alpha value is -1.21. The second-order valence-electron chi connectivity index (χ2n) is 7.85. The van der Waals surface area contributed by atoms with Crippen molar-refractivity contribution < 1.29 is 4.79 Å². The molecule has 1 aliphatic rings. The molecule has 2 aromatic carbocycles. The van der Waals surface area contributed by atoms with Gasteiger partial charge in [0.05, 0.1) is 0 Å². The molecule has 0 spiro atoms. The highest BCUT2D eigenvalue weighted by molar-refractivity contribution is 8.76. The van der Waals surface area contributed by atoms with Crippen molar-refractivity contribution in [1.29, 1.82) is 0 Å². The zero-order chi connectivity index (χ0) is 20.5. The molecule has 0 aliphatic carbocycles. The quantitative estimate of drug-likeness (QED) is 0.415. The molecule has 29 heavy (non-hydrogen) atoms. The van der Waals surface area contributed by atoms with Crippen LogP contribution in [0.1, 0.15) is 18.4 Å². The number of piperazine rings is 1. The normalized spacial score (nSPS) is 15.3. The Kier molecular flexibility index (Phi) is 9.18. The molecular formula is C23H33N3OS2. The highest BCUT2D eigenvalue weighted by Gasteiger charge is 2.21. The smallest absolute Gasteiger partial charge is 0.222 e. The van der Waals surface area contributed by atoms with Gasteiger partial charge in [-0.25, -0.2) is 0 Å². The van der Waals surface area contributed by atoms with E-state index in [2.05, 4.69) is 71.3 Å². The summed E-state index contributed by atoms with van der Waals surface area (Å²) in [6.45, 7) is 5.71. The highest BCUT2D eigenvalue weighted by atomic mass is 33.1. The maximum Gasteiger partial charge on any atom is 0.222 e. The molecule has 4 nitrogen and oxygen atoms in total. The van der Waals surface area contributed by atoms with Crippen LogP contribution in [0.3, 0.4) is 0 Å². The van der Waals surface area contributed by atoms with Crippen molar-refractivity contribution in [3.8, 4) is 0 Å². The van der Waals surface area contributed by atoms with E-state index in [-0.39, 0.29) is 0 Å². The number of amides is 1. The Morgan fingerprint density at radius 1 is 0.966 bits per heavy atom. The average Bonchev–Trinajstić information content (AvgIpc) is 2.73. The summed E-state index contributed by atoms with van der Waals surface area (Å²) in [5.74, 6) is 2.53. The lowest BCUT2D eigenvalue weighted by Gasteiger charge is -2.35. The van der Waals surface area contributed by atoms with Crippen molar-refractivity contribution in [3.63, 3.8) is 0 Å². The third-order valence-corrected chi connectivity index (χ3v) is 7.79. The summed E-state index contributed by atoms with van der Waals surface area (Å²) in [7, 11) is 8.02. The first-order chi connectivity index (χ1) is 14.1. The monoisotopic (exact) mass is 431 g/mol. The molecule has 1 aliphatic heterocycles. The summed E-state index contributed by atoms with van der Waals surface area (Å²) in [6, 6.07) is 15.1. The number of nitrogens with zero attached hydrogens (tertiary/aromatic N) is 3. The van der Waals surface area contributed by atoms with Crippen LogP contribution in [0.4, 0.5) is 0 Å². The Morgan fingerprint density at radius 3 is 2.48 bits per heavy atom. The molecule has 3 rings (SSSR count). The molecule has 0 atom stereocenters. The van der Waals surface area contributed by atoms with Gasteiger partial charge in [0.2, 0.25) is 5.91 Å². The number of hydrogen-bond donors (Lipinski definition) is 0. The molecule has 158 valence electrons. The van der Waals surface area contributed by atoms with Crippen LogP contribution >= 0.6 is 21.6 Å². The van der Waals surface area contributed by atoms with Gasteiger partial charge in [0.1, 0.15) is 0 Å². The van der Waals surface area contributed by atoms with Crippen molar-refractivity contribution in [3.05, 3.63) is 48.0 Å². The van der Waals surface area contributed by atoms with Gasteiger partial charge in [-0.05, 0) is 36.9 Å². The first-order valence-corrected chi connectivity index (χ1v) is 13.0. The van der Waals surface area contributed by atoms with Crippen LogP contribution in [0.5, 0.6) is 0 Å². The lowest BCUT2D eigenvalue weighted by atomic mass is 10.0. The van der Waals surface area contributed by atoms with Gasteiger partial charge in [0.15, 0.2) is 0 Å². The molecule has 0 saturated carbocycles. The van der Waals surface area contributed by atoms with E-state index >= 15 is 0 Å². The summed E-state index contributed by atoms with van der Waals surface area (Å²) in [5, 5.41) is 2.64. The lowest BCUT2D eigenvalue weighted by molar-refractivity contribution is -0.133. The van der Waals surface area contributed by atoms with E-state index in [9.17, 15) is 4.79 Å². The molecule has 0 aromatic heterocycles. The largest absolute Gasteiger partial charge is 0.340 e. The zero-order valence-electron chi connectivity index (χ0n) is 17.7. The second-order valence-corrected chi connectivity index (χ2v) is 10.5. The van der Waals surface area contributed by atoms with Gasteiger partial charge in [-0.15, -0.1) is 0 Å². The molecule has 1 saturated heterocycles. The van der Waals surface area contributed by atoms with E-state index in [0.717, 1.165) is 57.2 Å². The van der Waals surface area contributed by atoms with E-state index in [4.69, 9.17) is 0 Å². The number of rotatable bonds is 10. The maximum atomic E-state index is 12.5. The highest BCUT2D eigenvalue weighted by Crippen LogP contribution is 2.23. The van der Waals surface area contributed by atoms with Crippen molar-refractivity contribution in [1.82, 2.24) is 14.7 Å². The fraction of sp³-hybridized carbons (Fsp3) is 0.522. The SMILES string of the molecule is CN(C)CCSSCCCC(=O)N1CCN(Cc2cccc3ccccc23)CC1. The Balaban J connectivity index is 1.35. The molecule has 6 heteroatoms. The minimum atomic E-state index is 0.328. The van der Waals surface area contributed by atoms with Gasteiger partial charge >= 0.3 is 0 Å². The number of fused-ring (bicyclic) bond motifs is 1. The Morgan fingerprint density at radius 2 is 1.69 bits per heavy atom. The standard InChI is InChI=1S/C23H33N3OS2/c1-24(2)16-18-29-28-17-6-11-23(27)26-14-12-25(13-15-26)19-21-9-5-8-20-7-3-4-10-22(20)21/h3-5,7-10H,6,11-19H2,1-2H3. The Bertz CT molecular complexity index is 770. The number of benzene rings is 2. The maximum absolute atomic E-state index is 12.5. The van der Waals surface area contributed by atoms with Gasteiger partial charge in [-0.3, -0.25) is 9.69 Å². The van der Waals surface area contributed by atoms with Gasteiger partial charge in [0, 0.05) is 57.2 Å². The van der Waals surface area contributed by atoms with Gasteiger partial charge in [0.25, 0.3) is 0 Å². The predicted octanol–water partition coefficient (Wildman–Crippen LogP) is 4.21. The van der Waals surface area contributed by atoms with Crippen molar-refractivity contribution in [2.45, 2.75) is 19.4 Å². The van der Waals surface area contributed by atoms with E-state index in [0.29, 0.717) is 12.3 Å². The van der Waals surface area contributed by atoms with Crippen LogP contribution in [0.15, 0.2) is 42.5 Å². The van der Waals surface area contributed by atoms with Gasteiger partial charge in [-0.1, -0.05) is 64.1 Å². The molecule has 1 amide bonds. The molecule has 2 aromatic rings. The molecule has 1 heterocycles. The number of carbonyl (C=O) groups is 1. The van der Waals surface area contributed by atoms with Crippen LogP contribution in [0, 0.1) is 0 Å². The zero-order valence-corrected chi connectivity index (χ0v) is 19.3. The average molecular weight is 432 g/mol. The summed E-state index contributed by atoms with van der Waals surface area (Å²) in [5.41, 5.74) is 1.38. The molecule has 0 bridgehead atoms. The first kappa shape index (κ1) is 22.5. The molecule has 0 unspecified atom stereocenters. The third-order valence-electron chi connectivity index (χ3n) is 5.32. The van der Waals surface area contributed by atoms with Crippen LogP contribution in [-0.2, 0) is 11.3 Å². The van der Waals surface area contributed by atoms with Crippen LogP contribution in [-0.4, -0.2) is 78.9 Å². The van der Waals surface area contributed by atoms with E-state index < -0.39 is 0 Å². The van der Waals surface area contributed by atoms with E-state index in [1.807, 2.05) is 21.6 Å². The Labute approximate surface area is 183 Å². The van der Waals surface area contributed by atoms with Crippen LogP contribution in [0.25, 0.3) is 10.8 Å². The minimum absolute atomic E-state index is 0.328. The number of carbonyl (C=O) groups excluding carboxylic acids is 1. The van der Waals surface area contributed by atoms with Crippen molar-refractivity contribution in [2.24, 2.45) is 0 Å². The molecule has 1 fully saturated rings. The fourth-order valence-corrected chi connectivity index (χ4v) is 5.83. The topological polar surface area (TPSA) is 26.8 Å². The van der Waals surface area contributed by atoms with Crippen LogP contribution in [0.2, 0.25) is 0 Å². The van der Waals surface area contributed by atoms with Gasteiger partial charge in [-0.2, -0.15) is 0 Å². The molecule has 0 N–H and O–H groups in total. The molecular weight excluding hydrogens is 398 g/mol. The lowest BCUT2D eigenvalue weighted by Crippen LogP contribution is -2.48. The third kappa shape index (κ3) is 7.21. The summed E-state index contributed by atoms with van der Waals surface area (Å²) >= 11 is 0. The van der Waals surface area contributed by atoms with E-state index in [1.54, 1.807) is 0 Å².